The molecule has 0 amide bonds. The molecular weight excluding hydrogens is 292 g/mol. The van der Waals surface area contributed by atoms with Crippen LogP contribution in [-0.2, 0) is 12.3 Å². The summed E-state index contributed by atoms with van der Waals surface area (Å²) in [6.45, 7) is 6.51. The minimum Gasteiger partial charge on any atom is -0.302 e. The van der Waals surface area contributed by atoms with Gasteiger partial charge in [-0.15, -0.1) is 11.6 Å². The standard InChI is InChI=1S/C19H21ClN2/c1-13(2)16-7-5-15(6-8-16)10-17-18(11-20)22-12-14(3)4-9-19(22)21-17/h4-9,12-13H,10-11H2,1-3H3. The molecule has 22 heavy (non-hydrogen) atoms. The van der Waals surface area contributed by atoms with Crippen LogP contribution >= 0.6 is 11.6 Å². The molecule has 3 heteroatoms. The van der Waals surface area contributed by atoms with Crippen molar-refractivity contribution in [2.45, 2.75) is 39.0 Å². The zero-order valence-electron chi connectivity index (χ0n) is 13.3. The topological polar surface area (TPSA) is 17.3 Å². The monoisotopic (exact) mass is 312 g/mol. The normalized spacial score (nSPS) is 11.5. The van der Waals surface area contributed by atoms with Crippen LogP contribution in [0.4, 0.5) is 0 Å². The minimum absolute atomic E-state index is 0.476. The SMILES string of the molecule is Cc1ccc2nc(Cc3ccc(C(C)C)cc3)c(CCl)n2c1. The van der Waals surface area contributed by atoms with E-state index < -0.39 is 0 Å². The highest BCUT2D eigenvalue weighted by molar-refractivity contribution is 6.17. The van der Waals surface area contributed by atoms with E-state index in [4.69, 9.17) is 16.6 Å². The maximum Gasteiger partial charge on any atom is 0.137 e. The third kappa shape index (κ3) is 2.89. The van der Waals surface area contributed by atoms with Crippen molar-refractivity contribution < 1.29 is 0 Å². The smallest absolute Gasteiger partial charge is 0.137 e. The molecule has 0 saturated carbocycles. The fourth-order valence-corrected chi connectivity index (χ4v) is 3.03. The first kappa shape index (κ1) is 15.1. The molecule has 0 saturated heterocycles. The third-order valence-electron chi connectivity index (χ3n) is 4.09. The Kier molecular flexibility index (Phi) is 4.21. The first-order valence-electron chi connectivity index (χ1n) is 7.69. The zero-order chi connectivity index (χ0) is 15.7. The van der Waals surface area contributed by atoms with Crippen molar-refractivity contribution in [2.75, 3.05) is 0 Å². The summed E-state index contributed by atoms with van der Waals surface area (Å²) in [4.78, 5) is 4.76. The van der Waals surface area contributed by atoms with Crippen LogP contribution in [0, 0.1) is 6.92 Å². The zero-order valence-corrected chi connectivity index (χ0v) is 14.1. The fourth-order valence-electron chi connectivity index (χ4n) is 2.75. The molecule has 0 aliphatic heterocycles. The summed E-state index contributed by atoms with van der Waals surface area (Å²) in [6, 6.07) is 12.9. The quantitative estimate of drug-likeness (QED) is 0.613. The van der Waals surface area contributed by atoms with E-state index in [1.54, 1.807) is 0 Å². The second kappa shape index (κ2) is 6.13. The third-order valence-corrected chi connectivity index (χ3v) is 4.35. The number of alkyl halides is 1. The van der Waals surface area contributed by atoms with Crippen LogP contribution in [0.15, 0.2) is 42.6 Å². The fraction of sp³-hybridized carbons (Fsp3) is 0.316. The Hall–Kier alpha value is -1.80. The van der Waals surface area contributed by atoms with Crippen molar-refractivity contribution in [1.82, 2.24) is 9.38 Å². The largest absolute Gasteiger partial charge is 0.302 e. The van der Waals surface area contributed by atoms with Crippen molar-refractivity contribution >= 4 is 17.2 Å². The van der Waals surface area contributed by atoms with Gasteiger partial charge in [0.25, 0.3) is 0 Å². The summed E-state index contributed by atoms with van der Waals surface area (Å²) in [5, 5.41) is 0. The summed E-state index contributed by atoms with van der Waals surface area (Å²) in [7, 11) is 0. The van der Waals surface area contributed by atoms with Crippen LogP contribution < -0.4 is 0 Å². The number of pyridine rings is 1. The predicted octanol–water partition coefficient (Wildman–Crippen LogP) is 5.10. The Bertz CT molecular complexity index is 785. The maximum absolute atomic E-state index is 6.18. The summed E-state index contributed by atoms with van der Waals surface area (Å²) < 4.78 is 2.11. The van der Waals surface area contributed by atoms with Crippen LogP contribution in [0.1, 0.15) is 47.8 Å². The van der Waals surface area contributed by atoms with Gasteiger partial charge in [0.15, 0.2) is 0 Å². The van der Waals surface area contributed by atoms with Gasteiger partial charge in [-0.2, -0.15) is 0 Å². The molecule has 2 nitrogen and oxygen atoms in total. The molecule has 0 unspecified atom stereocenters. The molecule has 2 aromatic heterocycles. The number of hydrogen-bond donors (Lipinski definition) is 0. The van der Waals surface area contributed by atoms with Gasteiger partial charge in [-0.3, -0.25) is 0 Å². The molecule has 0 fully saturated rings. The van der Waals surface area contributed by atoms with Crippen molar-refractivity contribution in [3.8, 4) is 0 Å². The number of halogens is 1. The number of benzene rings is 1. The molecule has 0 radical (unpaired) electrons. The summed E-state index contributed by atoms with van der Waals surface area (Å²) in [5.74, 6) is 1.04. The van der Waals surface area contributed by atoms with Crippen molar-refractivity contribution in [1.29, 1.82) is 0 Å². The second-order valence-corrected chi connectivity index (χ2v) is 6.41. The minimum atomic E-state index is 0.476. The Morgan fingerprint density at radius 3 is 2.45 bits per heavy atom. The van der Waals surface area contributed by atoms with Gasteiger partial charge in [0, 0.05) is 12.6 Å². The first-order chi connectivity index (χ1) is 10.6. The average Bonchev–Trinajstić information content (AvgIpc) is 2.84. The number of imidazole rings is 1. The highest BCUT2D eigenvalue weighted by Gasteiger charge is 2.12. The highest BCUT2D eigenvalue weighted by Crippen LogP contribution is 2.21. The Morgan fingerprint density at radius 2 is 1.82 bits per heavy atom. The van der Waals surface area contributed by atoms with E-state index in [2.05, 4.69) is 67.8 Å². The number of fused-ring (bicyclic) bond motifs is 1. The Morgan fingerprint density at radius 1 is 1.09 bits per heavy atom. The molecule has 0 N–H and O–H groups in total. The van der Waals surface area contributed by atoms with Gasteiger partial charge in [-0.25, -0.2) is 4.98 Å². The second-order valence-electron chi connectivity index (χ2n) is 6.15. The first-order valence-corrected chi connectivity index (χ1v) is 8.23. The van der Waals surface area contributed by atoms with Crippen LogP contribution in [0.25, 0.3) is 5.65 Å². The molecule has 3 rings (SSSR count). The Labute approximate surface area is 136 Å². The van der Waals surface area contributed by atoms with Crippen LogP contribution in [0.2, 0.25) is 0 Å². The molecule has 2 heterocycles. The van der Waals surface area contributed by atoms with Gasteiger partial charge in [-0.05, 0) is 35.6 Å². The van der Waals surface area contributed by atoms with Crippen LogP contribution in [-0.4, -0.2) is 9.38 Å². The van der Waals surface area contributed by atoms with Gasteiger partial charge in [0.1, 0.15) is 5.65 Å². The Balaban J connectivity index is 1.96. The molecular formula is C19H21ClN2. The summed E-state index contributed by atoms with van der Waals surface area (Å²) in [5.41, 5.74) is 6.98. The van der Waals surface area contributed by atoms with Crippen molar-refractivity contribution in [2.24, 2.45) is 0 Å². The van der Waals surface area contributed by atoms with Crippen molar-refractivity contribution in [3.63, 3.8) is 0 Å². The average molecular weight is 313 g/mol. The van der Waals surface area contributed by atoms with E-state index in [0.717, 1.165) is 23.5 Å². The van der Waals surface area contributed by atoms with E-state index in [1.165, 1.54) is 16.7 Å². The number of nitrogens with zero attached hydrogens (tertiary/aromatic N) is 2. The number of hydrogen-bond acceptors (Lipinski definition) is 1. The van der Waals surface area contributed by atoms with Gasteiger partial charge in [0.2, 0.25) is 0 Å². The highest BCUT2D eigenvalue weighted by atomic mass is 35.5. The van der Waals surface area contributed by atoms with Crippen LogP contribution in [0.3, 0.4) is 0 Å². The predicted molar refractivity (Wildman–Crippen MR) is 92.8 cm³/mol. The lowest BCUT2D eigenvalue weighted by Crippen LogP contribution is -1.96. The molecule has 114 valence electrons. The lowest BCUT2D eigenvalue weighted by atomic mass is 10.00. The van der Waals surface area contributed by atoms with E-state index in [0.29, 0.717) is 11.8 Å². The molecule has 3 aromatic rings. The van der Waals surface area contributed by atoms with Gasteiger partial charge < -0.3 is 4.40 Å². The van der Waals surface area contributed by atoms with E-state index in [1.807, 2.05) is 0 Å². The molecule has 0 bridgehead atoms. The summed E-state index contributed by atoms with van der Waals surface area (Å²) >= 11 is 6.18. The molecule has 0 atom stereocenters. The van der Waals surface area contributed by atoms with E-state index in [-0.39, 0.29) is 0 Å². The number of aryl methyl sites for hydroxylation is 1. The van der Waals surface area contributed by atoms with Gasteiger partial charge in [-0.1, -0.05) is 44.2 Å². The molecule has 1 aromatic carbocycles. The van der Waals surface area contributed by atoms with Gasteiger partial charge in [0.05, 0.1) is 17.3 Å². The van der Waals surface area contributed by atoms with Crippen LogP contribution in [0.5, 0.6) is 0 Å². The molecule has 0 aliphatic rings. The molecule has 0 spiro atoms. The summed E-state index contributed by atoms with van der Waals surface area (Å²) in [6.07, 6.45) is 2.92. The number of rotatable bonds is 4. The maximum atomic E-state index is 6.18. The van der Waals surface area contributed by atoms with E-state index >= 15 is 0 Å². The lowest BCUT2D eigenvalue weighted by Gasteiger charge is -2.07. The number of aromatic nitrogens is 2. The molecule has 0 aliphatic carbocycles. The lowest BCUT2D eigenvalue weighted by molar-refractivity contribution is 0.865. The van der Waals surface area contributed by atoms with Crippen molar-refractivity contribution in [3.05, 3.63) is 70.7 Å². The van der Waals surface area contributed by atoms with E-state index in [9.17, 15) is 0 Å². The van der Waals surface area contributed by atoms with Gasteiger partial charge >= 0.3 is 0 Å².